The number of aliphatic hydroxyl groups is 2. The number of phosphoric acid groups is 1. The van der Waals surface area contributed by atoms with Crippen molar-refractivity contribution < 1.29 is 47.8 Å². The smallest absolute Gasteiger partial charge is 0.462 e. The number of phosphoric ester groups is 1. The molecular weight excluding hydrogens is 551 g/mol. The molecule has 0 amide bonds. The molecule has 0 radical (unpaired) electrons. The average Bonchev–Trinajstić information content (AvgIpc) is 2.95. The van der Waals surface area contributed by atoms with E-state index in [2.05, 4.69) is 18.0 Å². The molecule has 41 heavy (non-hydrogen) atoms. The van der Waals surface area contributed by atoms with E-state index in [1.165, 1.54) is 44.9 Å². The molecule has 0 saturated carbocycles. The molecule has 242 valence electrons. The summed E-state index contributed by atoms with van der Waals surface area (Å²) in [6.45, 7) is 3.80. The molecule has 0 aromatic rings. The van der Waals surface area contributed by atoms with Crippen LogP contribution >= 0.6 is 7.82 Å². The van der Waals surface area contributed by atoms with E-state index in [0.717, 1.165) is 51.4 Å². The third-order valence-corrected chi connectivity index (χ3v) is 7.52. The summed E-state index contributed by atoms with van der Waals surface area (Å²) in [4.78, 5) is 34.4. The number of unbranched alkanes of at least 4 members (excludes halogenated alkanes) is 15. The van der Waals surface area contributed by atoms with Gasteiger partial charge in [-0.05, 0) is 25.7 Å². The van der Waals surface area contributed by atoms with Gasteiger partial charge in [0, 0.05) is 12.8 Å². The van der Waals surface area contributed by atoms with E-state index in [0.29, 0.717) is 12.8 Å². The molecule has 0 fully saturated rings. The van der Waals surface area contributed by atoms with Gasteiger partial charge >= 0.3 is 19.8 Å². The van der Waals surface area contributed by atoms with Crippen molar-refractivity contribution in [2.24, 2.45) is 0 Å². The lowest BCUT2D eigenvalue weighted by Gasteiger charge is -2.20. The topological polar surface area (TPSA) is 149 Å². The minimum absolute atomic E-state index is 0.167. The Morgan fingerprint density at radius 2 is 1.24 bits per heavy atom. The summed E-state index contributed by atoms with van der Waals surface area (Å²) in [5.41, 5.74) is 0. The number of carbonyl (C=O) groups excluding carboxylic acids is 2. The highest BCUT2D eigenvalue weighted by Crippen LogP contribution is 2.43. The second-order valence-corrected chi connectivity index (χ2v) is 12.0. The van der Waals surface area contributed by atoms with Crippen LogP contribution < -0.4 is 0 Å². The number of carbonyl (C=O) groups is 2. The number of allylic oxidation sites excluding steroid dienone is 1. The van der Waals surface area contributed by atoms with Gasteiger partial charge in [0.25, 0.3) is 0 Å². The molecular formula is C30H57O10P. The molecule has 0 aromatic carbocycles. The maximum Gasteiger partial charge on any atom is 0.472 e. The number of ether oxygens (including phenoxy) is 2. The SMILES string of the molecule is C=CCCCCCCCC(=O)O[C@H](COC(=O)CCCCCCCCCCCCC)COP(=O)(O)OC[C@@H](O)CO. The van der Waals surface area contributed by atoms with Gasteiger partial charge in [-0.1, -0.05) is 96.5 Å². The van der Waals surface area contributed by atoms with E-state index in [9.17, 15) is 24.2 Å². The molecule has 0 saturated heterocycles. The molecule has 11 heteroatoms. The lowest BCUT2D eigenvalue weighted by atomic mass is 10.1. The summed E-state index contributed by atoms with van der Waals surface area (Å²) in [5.74, 6) is -0.952. The van der Waals surface area contributed by atoms with Crippen molar-refractivity contribution in [2.45, 2.75) is 141 Å². The first kappa shape index (κ1) is 39.7. The zero-order valence-electron chi connectivity index (χ0n) is 25.3. The van der Waals surface area contributed by atoms with Crippen molar-refractivity contribution in [3.63, 3.8) is 0 Å². The molecule has 0 aliphatic heterocycles. The van der Waals surface area contributed by atoms with Gasteiger partial charge in [0.1, 0.15) is 12.7 Å². The summed E-state index contributed by atoms with van der Waals surface area (Å²) >= 11 is 0. The maximum atomic E-state index is 12.3. The van der Waals surface area contributed by atoms with Gasteiger partial charge in [-0.15, -0.1) is 6.58 Å². The van der Waals surface area contributed by atoms with E-state index in [1.54, 1.807) is 0 Å². The van der Waals surface area contributed by atoms with Crippen molar-refractivity contribution in [1.82, 2.24) is 0 Å². The Bertz CT molecular complexity index is 703. The summed E-state index contributed by atoms with van der Waals surface area (Å²) < 4.78 is 32.2. The summed E-state index contributed by atoms with van der Waals surface area (Å²) in [5, 5.41) is 18.1. The molecule has 10 nitrogen and oxygen atoms in total. The highest BCUT2D eigenvalue weighted by atomic mass is 31.2. The highest BCUT2D eigenvalue weighted by molar-refractivity contribution is 7.47. The van der Waals surface area contributed by atoms with Crippen LogP contribution in [0.15, 0.2) is 12.7 Å². The van der Waals surface area contributed by atoms with Crippen LogP contribution in [0.25, 0.3) is 0 Å². The summed E-state index contributed by atoms with van der Waals surface area (Å²) in [6.07, 6.45) is 18.3. The van der Waals surface area contributed by atoms with Crippen LogP contribution in [0.1, 0.15) is 129 Å². The van der Waals surface area contributed by atoms with Crippen LogP contribution in [0.5, 0.6) is 0 Å². The van der Waals surface area contributed by atoms with Gasteiger partial charge in [0.2, 0.25) is 0 Å². The van der Waals surface area contributed by atoms with Crippen LogP contribution in [0.3, 0.4) is 0 Å². The second-order valence-electron chi connectivity index (χ2n) is 10.6. The lowest BCUT2D eigenvalue weighted by molar-refractivity contribution is -0.161. The van der Waals surface area contributed by atoms with Crippen molar-refractivity contribution >= 4 is 19.8 Å². The number of esters is 2. The Morgan fingerprint density at radius 1 is 0.756 bits per heavy atom. The molecule has 0 rings (SSSR count). The van der Waals surface area contributed by atoms with Crippen LogP contribution in [0, 0.1) is 0 Å². The monoisotopic (exact) mass is 608 g/mol. The van der Waals surface area contributed by atoms with Crippen LogP contribution in [0.2, 0.25) is 0 Å². The Kier molecular flexibility index (Phi) is 26.7. The minimum atomic E-state index is -4.60. The summed E-state index contributed by atoms with van der Waals surface area (Å²) in [6, 6.07) is 0. The van der Waals surface area contributed by atoms with E-state index in [4.69, 9.17) is 19.1 Å². The van der Waals surface area contributed by atoms with Gasteiger partial charge in [0.05, 0.1) is 19.8 Å². The second kappa shape index (κ2) is 27.5. The first-order chi connectivity index (χ1) is 19.7. The van der Waals surface area contributed by atoms with Gasteiger partial charge in [-0.2, -0.15) is 0 Å². The standard InChI is InChI=1S/C30H57O10P/c1-3-5-7-9-11-12-13-14-16-17-19-21-29(33)37-25-28(26-39-41(35,36)38-24-27(32)23-31)40-30(34)22-20-18-15-10-8-6-4-2/h4,27-28,31-32H,2-3,5-26H2,1H3,(H,35,36)/t27-,28+/m0/s1. The van der Waals surface area contributed by atoms with Crippen LogP contribution in [-0.2, 0) is 32.7 Å². The van der Waals surface area contributed by atoms with Gasteiger partial charge in [0.15, 0.2) is 6.10 Å². The molecule has 0 bridgehead atoms. The van der Waals surface area contributed by atoms with Crippen molar-refractivity contribution in [3.8, 4) is 0 Å². The maximum absolute atomic E-state index is 12.3. The van der Waals surface area contributed by atoms with Gasteiger partial charge in [-0.3, -0.25) is 18.6 Å². The average molecular weight is 609 g/mol. The Balaban J connectivity index is 4.42. The van der Waals surface area contributed by atoms with Crippen molar-refractivity contribution in [1.29, 1.82) is 0 Å². The van der Waals surface area contributed by atoms with E-state index in [-0.39, 0.29) is 19.4 Å². The van der Waals surface area contributed by atoms with E-state index in [1.807, 2.05) is 6.08 Å². The van der Waals surface area contributed by atoms with Crippen molar-refractivity contribution in [3.05, 3.63) is 12.7 Å². The Labute approximate surface area is 247 Å². The fourth-order valence-corrected chi connectivity index (χ4v) is 4.88. The fourth-order valence-electron chi connectivity index (χ4n) is 4.09. The molecule has 1 unspecified atom stereocenters. The molecule has 0 spiro atoms. The molecule has 0 heterocycles. The van der Waals surface area contributed by atoms with Gasteiger partial charge < -0.3 is 24.6 Å². The molecule has 0 aliphatic rings. The number of aliphatic hydroxyl groups excluding tert-OH is 2. The number of hydrogen-bond acceptors (Lipinski definition) is 9. The largest absolute Gasteiger partial charge is 0.472 e. The third kappa shape index (κ3) is 27.3. The number of hydrogen-bond donors (Lipinski definition) is 3. The predicted octanol–water partition coefficient (Wildman–Crippen LogP) is 6.55. The Morgan fingerprint density at radius 3 is 1.78 bits per heavy atom. The van der Waals surface area contributed by atoms with Crippen molar-refractivity contribution in [2.75, 3.05) is 26.4 Å². The number of rotatable bonds is 30. The Hall–Kier alpha value is -1.29. The molecule has 0 aliphatic carbocycles. The summed E-state index contributed by atoms with van der Waals surface area (Å²) in [7, 11) is -4.60. The highest BCUT2D eigenvalue weighted by Gasteiger charge is 2.27. The zero-order valence-corrected chi connectivity index (χ0v) is 26.2. The normalized spacial score (nSPS) is 14.2. The minimum Gasteiger partial charge on any atom is -0.462 e. The first-order valence-corrected chi connectivity index (χ1v) is 17.1. The van der Waals surface area contributed by atoms with E-state index >= 15 is 0 Å². The zero-order chi connectivity index (χ0) is 30.6. The fraction of sp³-hybridized carbons (Fsp3) is 0.867. The van der Waals surface area contributed by atoms with Gasteiger partial charge in [-0.25, -0.2) is 4.57 Å². The quantitative estimate of drug-likeness (QED) is 0.0355. The van der Waals surface area contributed by atoms with Crippen LogP contribution in [-0.4, -0.2) is 65.7 Å². The molecule has 0 aromatic heterocycles. The molecule has 3 atom stereocenters. The van der Waals surface area contributed by atoms with E-state index < -0.39 is 51.8 Å². The predicted molar refractivity (Wildman–Crippen MR) is 159 cm³/mol. The lowest BCUT2D eigenvalue weighted by Crippen LogP contribution is -2.29. The first-order valence-electron chi connectivity index (χ1n) is 15.6. The third-order valence-electron chi connectivity index (χ3n) is 6.57. The molecule has 3 N–H and O–H groups in total. The van der Waals surface area contributed by atoms with Crippen LogP contribution in [0.4, 0.5) is 0 Å².